The molecule has 0 aliphatic heterocycles. The van der Waals surface area contributed by atoms with Crippen molar-refractivity contribution in [3.05, 3.63) is 18.0 Å². The molecule has 0 fully saturated rings. The van der Waals surface area contributed by atoms with Crippen molar-refractivity contribution in [2.75, 3.05) is 0 Å². The molecule has 13 heavy (non-hydrogen) atoms. The molecule has 0 unspecified atom stereocenters. The fraction of sp³-hybridized carbons (Fsp3) is 0.375. The van der Waals surface area contributed by atoms with Gasteiger partial charge in [0.15, 0.2) is 0 Å². The van der Waals surface area contributed by atoms with Crippen molar-refractivity contribution in [1.82, 2.24) is 9.78 Å². The zero-order chi connectivity index (χ0) is 9.90. The summed E-state index contributed by atoms with van der Waals surface area (Å²) in [5, 5.41) is 3.52. The fourth-order valence-corrected chi connectivity index (χ4v) is 0.811. The first kappa shape index (κ1) is 9.65. The van der Waals surface area contributed by atoms with Crippen LogP contribution in [0.15, 0.2) is 12.4 Å². The number of terminal acetylenes is 1. The van der Waals surface area contributed by atoms with Crippen molar-refractivity contribution in [3.8, 4) is 12.3 Å². The zero-order valence-corrected chi connectivity index (χ0v) is 6.67. The number of nitrogens with zero attached hydrogens (tertiary/aromatic N) is 2. The van der Waals surface area contributed by atoms with Crippen LogP contribution in [0.5, 0.6) is 0 Å². The van der Waals surface area contributed by atoms with Crippen molar-refractivity contribution in [2.45, 2.75) is 19.1 Å². The third-order valence-electron chi connectivity index (χ3n) is 1.45. The fourth-order valence-electron chi connectivity index (χ4n) is 0.811. The molecule has 2 nitrogen and oxygen atoms in total. The van der Waals surface area contributed by atoms with Gasteiger partial charge in [-0.2, -0.15) is 18.3 Å². The first-order valence-corrected chi connectivity index (χ1v) is 3.57. The third kappa shape index (κ3) is 2.51. The Morgan fingerprint density at radius 2 is 2.23 bits per heavy atom. The van der Waals surface area contributed by atoms with Crippen LogP contribution >= 0.6 is 0 Å². The Hall–Kier alpha value is -1.44. The van der Waals surface area contributed by atoms with E-state index in [1.54, 1.807) is 0 Å². The number of hydrogen-bond donors (Lipinski definition) is 0. The van der Waals surface area contributed by atoms with E-state index < -0.39 is 11.7 Å². The second-order valence-electron chi connectivity index (χ2n) is 2.44. The van der Waals surface area contributed by atoms with Gasteiger partial charge in [0.05, 0.1) is 18.3 Å². The average Bonchev–Trinajstić information content (AvgIpc) is 2.47. The largest absolute Gasteiger partial charge is 0.419 e. The maximum absolute atomic E-state index is 12.0. The van der Waals surface area contributed by atoms with Gasteiger partial charge in [-0.1, -0.05) is 0 Å². The summed E-state index contributed by atoms with van der Waals surface area (Å²) < 4.78 is 37.3. The number of aryl methyl sites for hydroxylation is 1. The highest BCUT2D eigenvalue weighted by Gasteiger charge is 2.31. The van der Waals surface area contributed by atoms with E-state index in [0.29, 0.717) is 13.0 Å². The van der Waals surface area contributed by atoms with E-state index in [1.165, 1.54) is 4.68 Å². The van der Waals surface area contributed by atoms with Crippen LogP contribution < -0.4 is 0 Å². The lowest BCUT2D eigenvalue weighted by atomic mass is 10.3. The van der Waals surface area contributed by atoms with Gasteiger partial charge in [0.1, 0.15) is 0 Å². The molecule has 1 aromatic heterocycles. The molecule has 1 heterocycles. The van der Waals surface area contributed by atoms with Crippen LogP contribution in [-0.2, 0) is 12.7 Å². The maximum atomic E-state index is 12.0. The molecular formula is C8H7F3N2. The number of rotatable bonds is 2. The summed E-state index contributed by atoms with van der Waals surface area (Å²) in [7, 11) is 0. The highest BCUT2D eigenvalue weighted by molar-refractivity contribution is 5.08. The number of aromatic nitrogens is 2. The van der Waals surface area contributed by atoms with Crippen molar-refractivity contribution < 1.29 is 13.2 Å². The standard InChI is InChI=1S/C8H7F3N2/c1-2-3-4-13-6-7(5-12-13)8(9,10)11/h1,5-6H,3-4H2. The first-order chi connectivity index (χ1) is 6.04. The Morgan fingerprint density at radius 3 is 2.69 bits per heavy atom. The smallest absolute Gasteiger partial charge is 0.271 e. The van der Waals surface area contributed by atoms with Gasteiger partial charge in [0.2, 0.25) is 0 Å². The van der Waals surface area contributed by atoms with E-state index in [0.717, 1.165) is 12.4 Å². The van der Waals surface area contributed by atoms with Gasteiger partial charge < -0.3 is 0 Å². The molecule has 0 spiro atoms. The Balaban J connectivity index is 2.71. The summed E-state index contributed by atoms with van der Waals surface area (Å²) in [5.74, 6) is 2.32. The molecule has 0 saturated heterocycles. The monoisotopic (exact) mass is 188 g/mol. The molecule has 0 aliphatic rings. The van der Waals surface area contributed by atoms with Gasteiger partial charge in [0, 0.05) is 12.6 Å². The topological polar surface area (TPSA) is 17.8 Å². The molecule has 0 saturated carbocycles. The maximum Gasteiger partial charge on any atom is 0.419 e. The van der Waals surface area contributed by atoms with Gasteiger partial charge in [0.25, 0.3) is 0 Å². The highest BCUT2D eigenvalue weighted by Crippen LogP contribution is 2.28. The lowest BCUT2D eigenvalue weighted by Gasteiger charge is -2.00. The predicted molar refractivity (Wildman–Crippen MR) is 40.7 cm³/mol. The number of halogens is 3. The molecule has 70 valence electrons. The molecule has 0 aliphatic carbocycles. The summed E-state index contributed by atoms with van der Waals surface area (Å²) in [6, 6.07) is 0. The van der Waals surface area contributed by atoms with Gasteiger partial charge in [-0.3, -0.25) is 4.68 Å². The Kier molecular flexibility index (Phi) is 2.61. The molecule has 0 aromatic carbocycles. The molecule has 0 atom stereocenters. The van der Waals surface area contributed by atoms with E-state index in [-0.39, 0.29) is 0 Å². The Morgan fingerprint density at radius 1 is 1.54 bits per heavy atom. The second kappa shape index (κ2) is 3.52. The Bertz CT molecular complexity index is 319. The van der Waals surface area contributed by atoms with Crippen LogP contribution in [-0.4, -0.2) is 9.78 Å². The van der Waals surface area contributed by atoms with Gasteiger partial charge in [-0.05, 0) is 0 Å². The lowest BCUT2D eigenvalue weighted by Crippen LogP contribution is -2.03. The molecule has 0 bridgehead atoms. The van der Waals surface area contributed by atoms with Crippen LogP contribution in [0, 0.1) is 12.3 Å². The Labute approximate surface area is 73.4 Å². The SMILES string of the molecule is C#CCCn1cc(C(F)(F)F)cn1. The molecule has 1 rings (SSSR count). The number of hydrogen-bond acceptors (Lipinski definition) is 1. The number of alkyl halides is 3. The molecule has 1 aromatic rings. The minimum absolute atomic E-state index is 0.312. The molecule has 0 N–H and O–H groups in total. The van der Waals surface area contributed by atoms with Crippen molar-refractivity contribution in [1.29, 1.82) is 0 Å². The summed E-state index contributed by atoms with van der Waals surface area (Å²) in [5.41, 5.74) is -0.746. The van der Waals surface area contributed by atoms with E-state index in [2.05, 4.69) is 11.0 Å². The van der Waals surface area contributed by atoms with E-state index in [1.807, 2.05) is 0 Å². The van der Waals surface area contributed by atoms with Crippen LogP contribution in [0.2, 0.25) is 0 Å². The quantitative estimate of drug-likeness (QED) is 0.648. The van der Waals surface area contributed by atoms with Crippen LogP contribution in [0.3, 0.4) is 0 Å². The summed E-state index contributed by atoms with van der Waals surface area (Å²) in [6.07, 6.45) is 2.73. The summed E-state index contributed by atoms with van der Waals surface area (Å²) in [6.45, 7) is 0.312. The van der Waals surface area contributed by atoms with Crippen molar-refractivity contribution in [2.24, 2.45) is 0 Å². The summed E-state index contributed by atoms with van der Waals surface area (Å²) >= 11 is 0. The van der Waals surface area contributed by atoms with Gasteiger partial charge >= 0.3 is 6.18 Å². The van der Waals surface area contributed by atoms with E-state index in [9.17, 15) is 13.2 Å². The van der Waals surface area contributed by atoms with Crippen molar-refractivity contribution in [3.63, 3.8) is 0 Å². The van der Waals surface area contributed by atoms with E-state index in [4.69, 9.17) is 6.42 Å². The van der Waals surface area contributed by atoms with Crippen LogP contribution in [0.25, 0.3) is 0 Å². The minimum Gasteiger partial charge on any atom is -0.271 e. The second-order valence-corrected chi connectivity index (χ2v) is 2.44. The van der Waals surface area contributed by atoms with Crippen LogP contribution in [0.1, 0.15) is 12.0 Å². The van der Waals surface area contributed by atoms with E-state index >= 15 is 0 Å². The van der Waals surface area contributed by atoms with Gasteiger partial charge in [-0.25, -0.2) is 0 Å². The average molecular weight is 188 g/mol. The van der Waals surface area contributed by atoms with Crippen LogP contribution in [0.4, 0.5) is 13.2 Å². The third-order valence-corrected chi connectivity index (χ3v) is 1.45. The first-order valence-electron chi connectivity index (χ1n) is 3.57. The molecule has 0 radical (unpaired) electrons. The zero-order valence-electron chi connectivity index (χ0n) is 6.67. The molecule has 5 heteroatoms. The lowest BCUT2D eigenvalue weighted by molar-refractivity contribution is -0.137. The normalized spacial score (nSPS) is 11.2. The highest BCUT2D eigenvalue weighted by atomic mass is 19.4. The predicted octanol–water partition coefficient (Wildman–Crippen LogP) is 1.93. The minimum atomic E-state index is -4.33. The summed E-state index contributed by atoms with van der Waals surface area (Å²) in [4.78, 5) is 0. The van der Waals surface area contributed by atoms with Crippen molar-refractivity contribution >= 4 is 0 Å². The van der Waals surface area contributed by atoms with Gasteiger partial charge in [-0.15, -0.1) is 12.3 Å². The molecule has 0 amide bonds. The molecular weight excluding hydrogens is 181 g/mol.